The molecule has 7 nitrogen and oxygen atoms in total. The van der Waals surface area contributed by atoms with E-state index in [1.54, 1.807) is 48.7 Å². The lowest BCUT2D eigenvalue weighted by atomic mass is 9.98. The Hall–Kier alpha value is -3.19. The van der Waals surface area contributed by atoms with E-state index in [2.05, 4.69) is 4.98 Å². The van der Waals surface area contributed by atoms with Gasteiger partial charge in [-0.1, -0.05) is 18.2 Å². The quantitative estimate of drug-likeness (QED) is 0.469. The molecule has 2 heterocycles. The first-order valence-corrected chi connectivity index (χ1v) is 8.92. The van der Waals surface area contributed by atoms with Crippen molar-refractivity contribution in [2.24, 2.45) is 0 Å². The SMILES string of the molecule is COc1cccc(/C(O)=C2/C(=O)C(=O)N(CCN(C)C)[C@H]2c2ccccn2)c1. The number of benzene rings is 1. The molecule has 1 saturated heterocycles. The predicted molar refractivity (Wildman–Crippen MR) is 105 cm³/mol. The molecule has 0 spiro atoms. The number of pyridine rings is 1. The highest BCUT2D eigenvalue weighted by Crippen LogP contribution is 2.38. The molecule has 3 rings (SSSR count). The van der Waals surface area contributed by atoms with Gasteiger partial charge in [-0.05, 0) is 38.4 Å². The molecule has 1 fully saturated rings. The van der Waals surface area contributed by atoms with Crippen molar-refractivity contribution in [3.05, 3.63) is 65.5 Å². The lowest BCUT2D eigenvalue weighted by molar-refractivity contribution is -0.140. The highest BCUT2D eigenvalue weighted by atomic mass is 16.5. The minimum atomic E-state index is -0.743. The van der Waals surface area contributed by atoms with E-state index in [0.29, 0.717) is 30.1 Å². The number of aromatic nitrogens is 1. The Morgan fingerprint density at radius 2 is 2.00 bits per heavy atom. The summed E-state index contributed by atoms with van der Waals surface area (Å²) in [6.07, 6.45) is 1.60. The van der Waals surface area contributed by atoms with Crippen LogP contribution < -0.4 is 4.74 Å². The van der Waals surface area contributed by atoms with Gasteiger partial charge in [0.25, 0.3) is 11.7 Å². The monoisotopic (exact) mass is 381 g/mol. The van der Waals surface area contributed by atoms with E-state index in [1.165, 1.54) is 12.0 Å². The minimum Gasteiger partial charge on any atom is -0.507 e. The molecular weight excluding hydrogens is 358 g/mol. The number of aliphatic hydroxyl groups excluding tert-OH is 1. The number of methoxy groups -OCH3 is 1. The Morgan fingerprint density at radius 1 is 1.21 bits per heavy atom. The average Bonchev–Trinajstić information content (AvgIpc) is 2.97. The first kappa shape index (κ1) is 19.6. The maximum atomic E-state index is 12.8. The van der Waals surface area contributed by atoms with Crippen LogP contribution in [0.4, 0.5) is 0 Å². The van der Waals surface area contributed by atoms with E-state index in [0.717, 1.165) is 0 Å². The van der Waals surface area contributed by atoms with Gasteiger partial charge >= 0.3 is 0 Å². The highest BCUT2D eigenvalue weighted by Gasteiger charge is 2.46. The number of nitrogens with zero attached hydrogens (tertiary/aromatic N) is 3. The smallest absolute Gasteiger partial charge is 0.295 e. The molecule has 0 aliphatic carbocycles. The van der Waals surface area contributed by atoms with Gasteiger partial charge in [-0.3, -0.25) is 14.6 Å². The van der Waals surface area contributed by atoms with Crippen LogP contribution in [0.15, 0.2) is 54.2 Å². The second-order valence-corrected chi connectivity index (χ2v) is 6.78. The fraction of sp³-hybridized carbons (Fsp3) is 0.286. The number of ketones is 1. The lowest BCUT2D eigenvalue weighted by Crippen LogP contribution is -2.35. The van der Waals surface area contributed by atoms with Crippen LogP contribution in [-0.4, -0.2) is 65.9 Å². The number of amides is 1. The Morgan fingerprint density at radius 3 is 2.64 bits per heavy atom. The summed E-state index contributed by atoms with van der Waals surface area (Å²) in [6, 6.07) is 11.3. The molecule has 0 radical (unpaired) electrons. The van der Waals surface area contributed by atoms with Gasteiger partial charge in [-0.2, -0.15) is 0 Å². The van der Waals surface area contributed by atoms with Crippen molar-refractivity contribution in [1.29, 1.82) is 0 Å². The number of aliphatic hydroxyl groups is 1. The first-order valence-electron chi connectivity index (χ1n) is 8.92. The van der Waals surface area contributed by atoms with E-state index in [9.17, 15) is 14.7 Å². The third-order valence-electron chi connectivity index (χ3n) is 4.64. The molecule has 28 heavy (non-hydrogen) atoms. The fourth-order valence-corrected chi connectivity index (χ4v) is 3.19. The third-order valence-corrected chi connectivity index (χ3v) is 4.64. The molecule has 2 aromatic rings. The summed E-state index contributed by atoms with van der Waals surface area (Å²) in [5, 5.41) is 10.9. The van der Waals surface area contributed by atoms with Crippen molar-refractivity contribution in [3.8, 4) is 5.75 Å². The number of carbonyl (C=O) groups excluding carboxylic acids is 2. The zero-order valence-corrected chi connectivity index (χ0v) is 16.1. The maximum absolute atomic E-state index is 12.8. The standard InChI is InChI=1S/C21H23N3O4/c1-23(2)11-12-24-18(16-9-4-5-10-22-16)17(20(26)21(24)27)19(25)14-7-6-8-15(13-14)28-3/h4-10,13,18,25H,11-12H2,1-3H3/b19-17-/t18-/m0/s1. The summed E-state index contributed by atoms with van der Waals surface area (Å²) in [5.74, 6) is -1.04. The Bertz CT molecular complexity index is 909. The molecule has 1 N–H and O–H groups in total. The van der Waals surface area contributed by atoms with Crippen LogP contribution in [0, 0.1) is 0 Å². The zero-order valence-electron chi connectivity index (χ0n) is 16.1. The summed E-state index contributed by atoms with van der Waals surface area (Å²) in [5.41, 5.74) is 0.978. The van der Waals surface area contributed by atoms with Crippen molar-refractivity contribution >= 4 is 17.4 Å². The van der Waals surface area contributed by atoms with Crippen molar-refractivity contribution in [2.75, 3.05) is 34.3 Å². The number of Topliss-reactive ketones (excluding diaryl/α,β-unsaturated/α-hetero) is 1. The van der Waals surface area contributed by atoms with Crippen molar-refractivity contribution in [3.63, 3.8) is 0 Å². The van der Waals surface area contributed by atoms with Crippen LogP contribution in [0.5, 0.6) is 5.75 Å². The number of ether oxygens (including phenoxy) is 1. The largest absolute Gasteiger partial charge is 0.507 e. The Kier molecular flexibility index (Phi) is 5.75. The fourth-order valence-electron chi connectivity index (χ4n) is 3.19. The van der Waals surface area contributed by atoms with Crippen molar-refractivity contribution in [1.82, 2.24) is 14.8 Å². The molecule has 1 aromatic carbocycles. The first-order chi connectivity index (χ1) is 13.4. The third kappa shape index (κ3) is 3.75. The molecular formula is C21H23N3O4. The van der Waals surface area contributed by atoms with E-state index in [4.69, 9.17) is 4.74 Å². The van der Waals surface area contributed by atoms with Gasteiger partial charge in [0.1, 0.15) is 17.6 Å². The van der Waals surface area contributed by atoms with Crippen LogP contribution >= 0.6 is 0 Å². The van der Waals surface area contributed by atoms with Gasteiger partial charge in [-0.15, -0.1) is 0 Å². The Labute approximate surface area is 163 Å². The van der Waals surface area contributed by atoms with Gasteiger partial charge in [-0.25, -0.2) is 0 Å². The predicted octanol–water partition coefficient (Wildman–Crippen LogP) is 2.07. The van der Waals surface area contributed by atoms with E-state index in [-0.39, 0.29) is 11.3 Å². The summed E-state index contributed by atoms with van der Waals surface area (Å²) in [7, 11) is 5.30. The summed E-state index contributed by atoms with van der Waals surface area (Å²) in [4.78, 5) is 33.3. The van der Waals surface area contributed by atoms with Gasteiger partial charge in [0, 0.05) is 24.8 Å². The van der Waals surface area contributed by atoms with Gasteiger partial charge in [0.2, 0.25) is 0 Å². The number of hydrogen-bond acceptors (Lipinski definition) is 6. The Balaban J connectivity index is 2.13. The second kappa shape index (κ2) is 8.22. The number of likely N-dealkylation sites (N-methyl/N-ethyl adjacent to an activating group) is 1. The molecule has 7 heteroatoms. The highest BCUT2D eigenvalue weighted by molar-refractivity contribution is 6.46. The molecule has 0 unspecified atom stereocenters. The van der Waals surface area contributed by atoms with Crippen LogP contribution in [0.1, 0.15) is 17.3 Å². The average molecular weight is 381 g/mol. The number of hydrogen-bond donors (Lipinski definition) is 1. The van der Waals surface area contributed by atoms with E-state index < -0.39 is 17.7 Å². The molecule has 1 amide bonds. The summed E-state index contributed by atoms with van der Waals surface area (Å²) >= 11 is 0. The van der Waals surface area contributed by atoms with Gasteiger partial charge in [0.15, 0.2) is 0 Å². The molecule has 1 aromatic heterocycles. The van der Waals surface area contributed by atoms with Gasteiger partial charge < -0.3 is 19.6 Å². The number of rotatable bonds is 6. The molecule has 1 atom stereocenters. The lowest BCUT2D eigenvalue weighted by Gasteiger charge is -2.25. The normalized spacial score (nSPS) is 18.7. The van der Waals surface area contributed by atoms with E-state index in [1.807, 2.05) is 19.0 Å². The minimum absolute atomic E-state index is 0.0377. The van der Waals surface area contributed by atoms with Crippen LogP contribution in [-0.2, 0) is 9.59 Å². The van der Waals surface area contributed by atoms with Crippen LogP contribution in [0.2, 0.25) is 0 Å². The van der Waals surface area contributed by atoms with Crippen LogP contribution in [0.25, 0.3) is 5.76 Å². The van der Waals surface area contributed by atoms with Gasteiger partial charge in [0.05, 0.1) is 18.4 Å². The zero-order chi connectivity index (χ0) is 20.3. The molecule has 1 aliphatic heterocycles. The number of carbonyl (C=O) groups is 2. The molecule has 0 bridgehead atoms. The summed E-state index contributed by atoms with van der Waals surface area (Å²) in [6.45, 7) is 0.920. The second-order valence-electron chi connectivity index (χ2n) is 6.78. The summed E-state index contributed by atoms with van der Waals surface area (Å²) < 4.78 is 5.20. The van der Waals surface area contributed by atoms with Crippen LogP contribution in [0.3, 0.4) is 0 Å². The van der Waals surface area contributed by atoms with Crippen molar-refractivity contribution < 1.29 is 19.4 Å². The maximum Gasteiger partial charge on any atom is 0.295 e. The molecule has 0 saturated carbocycles. The van der Waals surface area contributed by atoms with Crippen molar-refractivity contribution in [2.45, 2.75) is 6.04 Å². The van der Waals surface area contributed by atoms with E-state index >= 15 is 0 Å². The molecule has 1 aliphatic rings. The number of likely N-dealkylation sites (tertiary alicyclic amines) is 1. The topological polar surface area (TPSA) is 83.0 Å². The molecule has 146 valence electrons.